The van der Waals surface area contributed by atoms with Crippen molar-refractivity contribution >= 4 is 21.6 Å². The van der Waals surface area contributed by atoms with Crippen LogP contribution in [0.15, 0.2) is 21.9 Å². The number of carbonyl (C=O) groups excluding carboxylic acids is 1. The van der Waals surface area contributed by atoms with Gasteiger partial charge in [0, 0.05) is 25.1 Å². The Morgan fingerprint density at radius 2 is 1.96 bits per heavy atom. The van der Waals surface area contributed by atoms with Gasteiger partial charge < -0.3 is 24.2 Å². The van der Waals surface area contributed by atoms with E-state index in [0.717, 1.165) is 23.8 Å². The maximum absolute atomic E-state index is 12.0. The van der Waals surface area contributed by atoms with Crippen LogP contribution in [0.3, 0.4) is 0 Å². The number of hydrogen-bond acceptors (Lipinski definition) is 9. The van der Waals surface area contributed by atoms with E-state index >= 15 is 0 Å². The molecule has 2 heterocycles. The second-order valence-electron chi connectivity index (χ2n) is 5.85. The van der Waals surface area contributed by atoms with Crippen LogP contribution in [0.1, 0.15) is 20.1 Å². The van der Waals surface area contributed by atoms with E-state index in [1.165, 1.54) is 6.92 Å². The van der Waals surface area contributed by atoms with Crippen molar-refractivity contribution in [1.29, 1.82) is 0 Å². The number of H-pyrrole nitrogens is 1. The van der Waals surface area contributed by atoms with E-state index in [1.54, 1.807) is 0 Å². The molecule has 0 spiro atoms. The molecule has 0 saturated carbocycles. The summed E-state index contributed by atoms with van der Waals surface area (Å²) >= 11 is 0. The molecule has 0 aromatic carbocycles. The number of esters is 1. The third-order valence-corrected chi connectivity index (χ3v) is 5.89. The van der Waals surface area contributed by atoms with E-state index < -0.39 is 63.8 Å². The Hall–Kier alpha value is -1.63. The van der Waals surface area contributed by atoms with E-state index in [4.69, 9.17) is 19.3 Å². The van der Waals surface area contributed by atoms with Crippen molar-refractivity contribution in [1.82, 2.24) is 9.55 Å². The van der Waals surface area contributed by atoms with Crippen LogP contribution in [0.4, 0.5) is 0 Å². The number of ether oxygens (including phenoxy) is 2. The van der Waals surface area contributed by atoms with Crippen LogP contribution in [-0.4, -0.2) is 49.0 Å². The van der Waals surface area contributed by atoms with Gasteiger partial charge in [0.05, 0.1) is 12.7 Å². The van der Waals surface area contributed by atoms with Crippen molar-refractivity contribution in [2.24, 2.45) is 5.92 Å². The van der Waals surface area contributed by atoms with Gasteiger partial charge in [-0.15, -0.1) is 0 Å². The van der Waals surface area contributed by atoms with Crippen LogP contribution in [0.2, 0.25) is 0 Å². The van der Waals surface area contributed by atoms with Crippen molar-refractivity contribution in [2.75, 3.05) is 6.61 Å². The first-order chi connectivity index (χ1) is 12.8. The summed E-state index contributed by atoms with van der Waals surface area (Å²) in [5.74, 6) is -1.37. The largest absolute Gasteiger partial charge is 0.481 e. The van der Waals surface area contributed by atoms with E-state index in [9.17, 15) is 28.4 Å². The van der Waals surface area contributed by atoms with Crippen LogP contribution in [-0.2, 0) is 32.2 Å². The number of nitrogens with zero attached hydrogens (tertiary/aromatic N) is 1. The quantitative estimate of drug-likeness (QED) is 0.302. The molecule has 2 rings (SSSR count). The molecule has 1 fully saturated rings. The summed E-state index contributed by atoms with van der Waals surface area (Å²) in [6.45, 7) is 1.98. The highest BCUT2D eigenvalue weighted by Crippen LogP contribution is 2.57. The van der Waals surface area contributed by atoms with Crippen molar-refractivity contribution in [3.05, 3.63) is 33.1 Å². The van der Waals surface area contributed by atoms with Gasteiger partial charge in [-0.2, -0.15) is 4.31 Å². The van der Waals surface area contributed by atoms with Gasteiger partial charge in [0.25, 0.3) is 5.56 Å². The van der Waals surface area contributed by atoms with Crippen molar-refractivity contribution in [2.45, 2.75) is 32.3 Å². The highest BCUT2D eigenvalue weighted by molar-refractivity contribution is 7.60. The fourth-order valence-electron chi connectivity index (χ4n) is 2.58. The minimum Gasteiger partial charge on any atom is -0.457 e. The molecule has 0 radical (unpaired) electrons. The van der Waals surface area contributed by atoms with E-state index in [0.29, 0.717) is 0 Å². The molecule has 14 nitrogen and oxygen atoms in total. The van der Waals surface area contributed by atoms with E-state index in [1.807, 2.05) is 4.98 Å². The van der Waals surface area contributed by atoms with Crippen LogP contribution in [0.25, 0.3) is 0 Å². The van der Waals surface area contributed by atoms with Gasteiger partial charge in [-0.1, -0.05) is 6.92 Å². The Bertz CT molecular complexity index is 935. The van der Waals surface area contributed by atoms with E-state index in [2.05, 4.69) is 8.83 Å². The lowest BCUT2D eigenvalue weighted by Gasteiger charge is -2.22. The first-order valence-corrected chi connectivity index (χ1v) is 10.7. The number of aromatic nitrogens is 2. The molecule has 16 heteroatoms. The minimum absolute atomic E-state index is 0.660. The van der Waals surface area contributed by atoms with Crippen LogP contribution < -0.4 is 11.2 Å². The molecule has 1 aliphatic rings. The zero-order chi connectivity index (χ0) is 21.3. The summed E-state index contributed by atoms with van der Waals surface area (Å²) in [6, 6.07) is 1.04. The summed E-state index contributed by atoms with van der Waals surface area (Å²) in [5.41, 5.74) is -1.51. The Balaban J connectivity index is 2.22. The third-order valence-electron chi connectivity index (χ3n) is 3.74. The number of phosphoric acid groups is 2. The highest BCUT2D eigenvalue weighted by Gasteiger charge is 2.47. The predicted octanol–water partition coefficient (Wildman–Crippen LogP) is -0.772. The van der Waals surface area contributed by atoms with Crippen LogP contribution in [0.5, 0.6) is 0 Å². The van der Waals surface area contributed by atoms with E-state index in [-0.39, 0.29) is 0 Å². The normalized spacial score (nSPS) is 27.3. The molecule has 28 heavy (non-hydrogen) atoms. The summed E-state index contributed by atoms with van der Waals surface area (Å²) in [7, 11) is -10.4. The molecule has 1 aliphatic heterocycles. The molecule has 158 valence electrons. The van der Waals surface area contributed by atoms with Gasteiger partial charge in [-0.25, -0.2) is 13.9 Å². The Morgan fingerprint density at radius 1 is 1.32 bits per heavy atom. The minimum atomic E-state index is -5.29. The Kier molecular flexibility index (Phi) is 6.79. The summed E-state index contributed by atoms with van der Waals surface area (Å²) in [4.78, 5) is 63.2. The molecule has 0 aliphatic carbocycles. The van der Waals surface area contributed by atoms with Crippen LogP contribution >= 0.6 is 15.6 Å². The second kappa shape index (κ2) is 8.39. The maximum atomic E-state index is 12.0. The van der Waals surface area contributed by atoms with Gasteiger partial charge >= 0.3 is 27.3 Å². The molecule has 1 aromatic rings. The smallest absolute Gasteiger partial charge is 0.457 e. The molecule has 0 bridgehead atoms. The number of rotatable bonds is 7. The number of nitrogens with one attached hydrogen (secondary N) is 1. The fourth-order valence-corrected chi connectivity index (χ4v) is 4.18. The molecular formula is C12H18N2O12P2. The van der Waals surface area contributed by atoms with Crippen molar-refractivity contribution in [3.63, 3.8) is 0 Å². The van der Waals surface area contributed by atoms with Gasteiger partial charge in [0.1, 0.15) is 0 Å². The zero-order valence-electron chi connectivity index (χ0n) is 14.5. The summed E-state index contributed by atoms with van der Waals surface area (Å²) in [6.07, 6.45) is -2.14. The number of aromatic amines is 1. The van der Waals surface area contributed by atoms with Gasteiger partial charge in [0.15, 0.2) is 12.3 Å². The maximum Gasteiger partial charge on any atom is 0.481 e. The molecule has 1 saturated heterocycles. The molecule has 5 atom stereocenters. The highest BCUT2D eigenvalue weighted by atomic mass is 31.3. The molecule has 1 unspecified atom stereocenters. The third kappa shape index (κ3) is 5.93. The van der Waals surface area contributed by atoms with Gasteiger partial charge in [-0.05, 0) is 0 Å². The molecular weight excluding hydrogens is 426 g/mol. The lowest BCUT2D eigenvalue weighted by Crippen LogP contribution is -2.37. The summed E-state index contributed by atoms with van der Waals surface area (Å²) < 4.78 is 42.2. The fraction of sp³-hybridized carbons (Fsp3) is 0.583. The second-order valence-corrected chi connectivity index (χ2v) is 8.68. The molecule has 0 amide bonds. The molecule has 4 N–H and O–H groups in total. The standard InChI is InChI=1S/C12H18N2O12P2/c1-6-8(5-23-28(21,22)26-27(18,19)20)25-11(10(6)24-7(2)15)14-4-3-9(16)13-12(14)17/h3-4,6,8,10-11H,5H2,1-2H3,(H,21,22)(H,13,16,17)(H2,18,19,20)/t6-,8-,10-,11-/m1/s1. The average Bonchev–Trinajstić information content (AvgIpc) is 2.79. The first kappa shape index (κ1) is 22.7. The zero-order valence-corrected chi connectivity index (χ0v) is 16.3. The van der Waals surface area contributed by atoms with Crippen LogP contribution in [0, 0.1) is 5.92 Å². The number of phosphoric ester groups is 1. The molecule has 1 aromatic heterocycles. The van der Waals surface area contributed by atoms with Crippen molar-refractivity contribution < 1.29 is 46.9 Å². The number of hydrogen-bond donors (Lipinski definition) is 4. The summed E-state index contributed by atoms with van der Waals surface area (Å²) in [5, 5.41) is 0. The Morgan fingerprint density at radius 3 is 2.50 bits per heavy atom. The Labute approximate surface area is 156 Å². The lowest BCUT2D eigenvalue weighted by molar-refractivity contribution is -0.153. The number of carbonyl (C=O) groups is 1. The van der Waals surface area contributed by atoms with Crippen molar-refractivity contribution in [3.8, 4) is 0 Å². The topological polar surface area (TPSA) is 204 Å². The SMILES string of the molecule is CC(=O)O[C@@H]1[C@H](C)[C@@H](COP(=O)(O)OP(=O)(O)O)O[C@H]1n1ccc(=O)[nH]c1=O. The lowest BCUT2D eigenvalue weighted by atomic mass is 10.0. The van der Waals surface area contributed by atoms with Gasteiger partial charge in [-0.3, -0.25) is 23.7 Å². The predicted molar refractivity (Wildman–Crippen MR) is 88.9 cm³/mol. The first-order valence-electron chi connectivity index (χ1n) is 7.67. The van der Waals surface area contributed by atoms with Gasteiger partial charge in [0.2, 0.25) is 0 Å². The monoisotopic (exact) mass is 444 g/mol. The average molecular weight is 444 g/mol.